The summed E-state index contributed by atoms with van der Waals surface area (Å²) in [5.41, 5.74) is 0.188. The first-order chi connectivity index (χ1) is 7.53. The van der Waals surface area contributed by atoms with Crippen LogP contribution in [0.15, 0.2) is 12.1 Å². The number of aromatic nitrogens is 1. The molecule has 0 aromatic carbocycles. The summed E-state index contributed by atoms with van der Waals surface area (Å²) in [4.78, 5) is 3.82. The van der Waals surface area contributed by atoms with E-state index >= 15 is 0 Å². The molecule has 0 atom stereocenters. The third-order valence-electron chi connectivity index (χ3n) is 1.82. The van der Waals surface area contributed by atoms with Crippen LogP contribution >= 0.6 is 11.6 Å². The normalized spacial score (nSPS) is 12.5. The number of nitrogens with zero attached hydrogens (tertiary/aromatic N) is 2. The molecule has 6 nitrogen and oxygen atoms in total. The van der Waals surface area contributed by atoms with Gasteiger partial charge < -0.3 is 0 Å². The van der Waals surface area contributed by atoms with Crippen molar-refractivity contribution in [1.82, 2.24) is 4.98 Å². The number of halogens is 1. The van der Waals surface area contributed by atoms with Gasteiger partial charge in [0.05, 0.1) is 23.9 Å². The lowest BCUT2D eigenvalue weighted by molar-refractivity contribution is 0.590. The van der Waals surface area contributed by atoms with Gasteiger partial charge in [0, 0.05) is 0 Å². The summed E-state index contributed by atoms with van der Waals surface area (Å²) in [6.07, 6.45) is 1.62. The molecule has 0 aliphatic heterocycles. The Morgan fingerprint density at radius 1 is 1.12 bits per heavy atom. The molecule has 1 heterocycles. The molecule has 0 saturated heterocycles. The second-order valence-corrected chi connectivity index (χ2v) is 7.74. The van der Waals surface area contributed by atoms with Crippen LogP contribution in [0.1, 0.15) is 5.69 Å². The smallest absolute Gasteiger partial charge is 0.239 e. The third kappa shape index (κ3) is 3.30. The molecular formula is C8H11ClN2O4S2. The zero-order valence-electron chi connectivity index (χ0n) is 9.38. The first-order valence-electron chi connectivity index (χ1n) is 4.37. The first-order valence-corrected chi connectivity index (χ1v) is 8.44. The fourth-order valence-electron chi connectivity index (χ4n) is 1.32. The van der Waals surface area contributed by atoms with Crippen molar-refractivity contribution < 1.29 is 16.8 Å². The van der Waals surface area contributed by atoms with Gasteiger partial charge in [0.25, 0.3) is 0 Å². The minimum absolute atomic E-state index is 0.0283. The molecule has 0 N–H and O–H groups in total. The summed E-state index contributed by atoms with van der Waals surface area (Å²) in [5, 5.41) is 0.160. The Balaban J connectivity index is 3.56. The van der Waals surface area contributed by atoms with Gasteiger partial charge in [0.1, 0.15) is 5.15 Å². The molecule has 96 valence electrons. The summed E-state index contributed by atoms with van der Waals surface area (Å²) in [5.74, 6) is 0. The number of anilines is 1. The molecule has 9 heteroatoms. The SMILES string of the molecule is Cc1nc(Cl)ccc1N(S(C)(=O)=O)S(C)(=O)=O. The largest absolute Gasteiger partial charge is 0.245 e. The predicted octanol–water partition coefficient (Wildman–Crippen LogP) is 0.769. The van der Waals surface area contributed by atoms with Crippen LogP contribution in [0.4, 0.5) is 5.69 Å². The average molecular weight is 299 g/mol. The lowest BCUT2D eigenvalue weighted by Crippen LogP contribution is -2.35. The van der Waals surface area contributed by atoms with Crippen molar-refractivity contribution in [2.24, 2.45) is 0 Å². The topological polar surface area (TPSA) is 84.4 Å². The van der Waals surface area contributed by atoms with Gasteiger partial charge in [-0.05, 0) is 19.1 Å². The van der Waals surface area contributed by atoms with Crippen LogP contribution in [0.25, 0.3) is 0 Å². The number of pyridine rings is 1. The van der Waals surface area contributed by atoms with Crippen molar-refractivity contribution >= 4 is 37.3 Å². The summed E-state index contributed by atoms with van der Waals surface area (Å²) in [7, 11) is -7.90. The Hall–Kier alpha value is -0.860. The third-order valence-corrected chi connectivity index (χ3v) is 5.26. The molecule has 0 aliphatic rings. The van der Waals surface area contributed by atoms with E-state index < -0.39 is 20.0 Å². The maximum atomic E-state index is 11.5. The number of sulfonamides is 2. The van der Waals surface area contributed by atoms with E-state index in [1.165, 1.54) is 19.1 Å². The lowest BCUT2D eigenvalue weighted by Gasteiger charge is -2.20. The number of hydrogen-bond donors (Lipinski definition) is 0. The Morgan fingerprint density at radius 2 is 1.59 bits per heavy atom. The molecule has 0 unspecified atom stereocenters. The Morgan fingerprint density at radius 3 is 1.94 bits per heavy atom. The van der Waals surface area contributed by atoms with Gasteiger partial charge in [-0.2, -0.15) is 3.71 Å². The molecular weight excluding hydrogens is 288 g/mol. The van der Waals surface area contributed by atoms with Crippen molar-refractivity contribution in [3.8, 4) is 0 Å². The Bertz CT molecular complexity index is 607. The Kier molecular flexibility index (Phi) is 3.70. The highest BCUT2D eigenvalue weighted by Gasteiger charge is 2.28. The van der Waals surface area contributed by atoms with Gasteiger partial charge in [0.15, 0.2) is 0 Å². The first kappa shape index (κ1) is 14.2. The second-order valence-electron chi connectivity index (χ2n) is 3.46. The quantitative estimate of drug-likeness (QED) is 0.770. The lowest BCUT2D eigenvalue weighted by atomic mass is 10.3. The highest BCUT2D eigenvalue weighted by molar-refractivity contribution is 8.09. The number of rotatable bonds is 3. The van der Waals surface area contributed by atoms with Crippen LogP contribution in [0, 0.1) is 6.92 Å². The molecule has 0 saturated carbocycles. The number of hydrogen-bond acceptors (Lipinski definition) is 5. The minimum Gasteiger partial charge on any atom is -0.239 e. The van der Waals surface area contributed by atoms with E-state index in [9.17, 15) is 16.8 Å². The summed E-state index contributed by atoms with van der Waals surface area (Å²) in [6, 6.07) is 2.63. The fraction of sp³-hybridized carbons (Fsp3) is 0.375. The van der Waals surface area contributed by atoms with Crippen LogP contribution in [-0.4, -0.2) is 34.3 Å². The van der Waals surface area contributed by atoms with Crippen molar-refractivity contribution in [1.29, 1.82) is 0 Å². The highest BCUT2D eigenvalue weighted by atomic mass is 35.5. The zero-order chi connectivity index (χ0) is 13.4. The van der Waals surface area contributed by atoms with Crippen LogP contribution in [-0.2, 0) is 20.0 Å². The van der Waals surface area contributed by atoms with Crippen LogP contribution in [0.3, 0.4) is 0 Å². The molecule has 1 rings (SSSR count). The van der Waals surface area contributed by atoms with E-state index in [0.717, 1.165) is 12.5 Å². The average Bonchev–Trinajstić information content (AvgIpc) is 2.04. The Labute approximate surface area is 105 Å². The van der Waals surface area contributed by atoms with E-state index in [2.05, 4.69) is 4.98 Å². The van der Waals surface area contributed by atoms with E-state index in [4.69, 9.17) is 11.6 Å². The maximum Gasteiger partial charge on any atom is 0.245 e. The standard InChI is InChI=1S/C8H11ClN2O4S2/c1-6-7(4-5-8(9)10-6)11(16(2,12)13)17(3,14)15/h4-5H,1-3H3. The van der Waals surface area contributed by atoms with E-state index in [0.29, 0.717) is 3.71 Å². The second kappa shape index (κ2) is 4.43. The van der Waals surface area contributed by atoms with Gasteiger partial charge >= 0.3 is 0 Å². The minimum atomic E-state index is -3.95. The van der Waals surface area contributed by atoms with Crippen LogP contribution < -0.4 is 3.71 Å². The summed E-state index contributed by atoms with van der Waals surface area (Å²) in [6.45, 7) is 1.48. The molecule has 0 spiro atoms. The molecule has 0 aliphatic carbocycles. The molecule has 1 aromatic rings. The van der Waals surface area contributed by atoms with Crippen LogP contribution in [0.5, 0.6) is 0 Å². The van der Waals surface area contributed by atoms with Gasteiger partial charge in [0.2, 0.25) is 20.0 Å². The predicted molar refractivity (Wildman–Crippen MR) is 66.2 cm³/mol. The van der Waals surface area contributed by atoms with Crippen LogP contribution in [0.2, 0.25) is 5.15 Å². The van der Waals surface area contributed by atoms with Gasteiger partial charge in [-0.1, -0.05) is 11.6 Å². The van der Waals surface area contributed by atoms with Crippen molar-refractivity contribution in [3.05, 3.63) is 23.0 Å². The summed E-state index contributed by atoms with van der Waals surface area (Å²) < 4.78 is 46.3. The van der Waals surface area contributed by atoms with Crippen molar-refractivity contribution in [2.75, 3.05) is 16.2 Å². The van der Waals surface area contributed by atoms with Gasteiger partial charge in [-0.15, -0.1) is 0 Å². The van der Waals surface area contributed by atoms with Gasteiger partial charge in [-0.3, -0.25) is 0 Å². The van der Waals surface area contributed by atoms with Crippen molar-refractivity contribution in [2.45, 2.75) is 6.92 Å². The fourth-order valence-corrected chi connectivity index (χ4v) is 4.58. The summed E-state index contributed by atoms with van der Waals surface area (Å²) >= 11 is 5.62. The zero-order valence-corrected chi connectivity index (χ0v) is 11.8. The maximum absolute atomic E-state index is 11.5. The monoisotopic (exact) mass is 298 g/mol. The van der Waals surface area contributed by atoms with E-state index in [1.54, 1.807) is 0 Å². The molecule has 1 aromatic heterocycles. The van der Waals surface area contributed by atoms with E-state index in [1.807, 2.05) is 0 Å². The van der Waals surface area contributed by atoms with Crippen molar-refractivity contribution in [3.63, 3.8) is 0 Å². The van der Waals surface area contributed by atoms with Gasteiger partial charge in [-0.25, -0.2) is 21.8 Å². The van der Waals surface area contributed by atoms with E-state index in [-0.39, 0.29) is 16.5 Å². The molecule has 0 bridgehead atoms. The molecule has 0 radical (unpaired) electrons. The highest BCUT2D eigenvalue weighted by Crippen LogP contribution is 2.25. The molecule has 17 heavy (non-hydrogen) atoms. The number of aryl methyl sites for hydroxylation is 1. The molecule has 0 amide bonds. The molecule has 0 fully saturated rings.